The minimum Gasteiger partial charge on any atom is -0.310 e. The minimum absolute atomic E-state index is 0.912. The van der Waals surface area contributed by atoms with E-state index in [2.05, 4.69) is 228 Å². The van der Waals surface area contributed by atoms with Crippen LogP contribution in [-0.4, -0.2) is 0 Å². The van der Waals surface area contributed by atoms with Gasteiger partial charge in [-0.25, -0.2) is 0 Å². The van der Waals surface area contributed by atoms with Crippen LogP contribution in [-0.2, 0) is 12.8 Å². The molecule has 0 aliphatic heterocycles. The first kappa shape index (κ1) is 33.9. The Kier molecular flexibility index (Phi) is 8.33. The number of anilines is 6. The van der Waals surface area contributed by atoms with Gasteiger partial charge in [-0.2, -0.15) is 0 Å². The molecule has 0 spiro atoms. The number of allylic oxidation sites excluding steroid dienone is 2. The van der Waals surface area contributed by atoms with Gasteiger partial charge in [0.05, 0.1) is 0 Å². The van der Waals surface area contributed by atoms with Crippen molar-refractivity contribution in [2.45, 2.75) is 12.8 Å². The first-order chi connectivity index (χ1) is 28.7. The molecule has 0 bridgehead atoms. The average Bonchev–Trinajstić information content (AvgIpc) is 3.92. The molecule has 2 heteroatoms. The predicted octanol–water partition coefficient (Wildman–Crippen LogP) is 15.1. The van der Waals surface area contributed by atoms with Crippen molar-refractivity contribution in [3.05, 3.63) is 240 Å². The lowest BCUT2D eigenvalue weighted by Gasteiger charge is -2.26. The largest absolute Gasteiger partial charge is 0.310 e. The molecular weight excluding hydrogens is 701 g/mol. The second-order valence-electron chi connectivity index (χ2n) is 15.4. The highest BCUT2D eigenvalue weighted by Gasteiger charge is 2.21. The number of benzene rings is 9. The van der Waals surface area contributed by atoms with E-state index in [0.29, 0.717) is 0 Å². The van der Waals surface area contributed by atoms with Crippen LogP contribution in [0, 0.1) is 0 Å². The zero-order valence-corrected chi connectivity index (χ0v) is 32.1. The van der Waals surface area contributed by atoms with Crippen molar-refractivity contribution in [3.8, 4) is 0 Å². The van der Waals surface area contributed by atoms with Gasteiger partial charge in [0, 0.05) is 34.1 Å². The van der Waals surface area contributed by atoms with Crippen molar-refractivity contribution in [2.75, 3.05) is 9.80 Å². The molecule has 2 aliphatic rings. The Morgan fingerprint density at radius 1 is 0.276 bits per heavy atom. The van der Waals surface area contributed by atoms with Crippen molar-refractivity contribution < 1.29 is 0 Å². The van der Waals surface area contributed by atoms with Gasteiger partial charge >= 0.3 is 0 Å². The lowest BCUT2D eigenvalue weighted by Crippen LogP contribution is -2.10. The molecular formula is C56H40N2. The van der Waals surface area contributed by atoms with Gasteiger partial charge in [-0.3, -0.25) is 0 Å². The third kappa shape index (κ3) is 6.26. The molecule has 0 amide bonds. The topological polar surface area (TPSA) is 6.48 Å². The van der Waals surface area contributed by atoms with Crippen molar-refractivity contribution in [1.29, 1.82) is 0 Å². The van der Waals surface area contributed by atoms with Gasteiger partial charge in [-0.05, 0) is 152 Å². The monoisotopic (exact) mass is 740 g/mol. The summed E-state index contributed by atoms with van der Waals surface area (Å²) in [6.07, 6.45) is 6.57. The van der Waals surface area contributed by atoms with Gasteiger partial charge in [0.2, 0.25) is 0 Å². The van der Waals surface area contributed by atoms with Gasteiger partial charge in [-0.1, -0.05) is 146 Å². The summed E-state index contributed by atoms with van der Waals surface area (Å²) in [4.78, 5) is 4.75. The summed E-state index contributed by atoms with van der Waals surface area (Å²) in [5, 5.41) is 4.98. The van der Waals surface area contributed by atoms with E-state index in [1.165, 1.54) is 77.4 Å². The number of fused-ring (bicyclic) bond motifs is 4. The molecule has 0 saturated carbocycles. The van der Waals surface area contributed by atoms with E-state index in [1.807, 2.05) is 0 Å². The van der Waals surface area contributed by atoms with Crippen LogP contribution in [0.2, 0.25) is 0 Å². The summed E-state index contributed by atoms with van der Waals surface area (Å²) in [6, 6.07) is 75.2. The van der Waals surface area contributed by atoms with Crippen molar-refractivity contribution in [3.63, 3.8) is 0 Å². The zero-order valence-electron chi connectivity index (χ0n) is 32.1. The number of rotatable bonds is 8. The van der Waals surface area contributed by atoms with Gasteiger partial charge < -0.3 is 9.80 Å². The molecule has 11 rings (SSSR count). The first-order valence-corrected chi connectivity index (χ1v) is 20.2. The van der Waals surface area contributed by atoms with E-state index < -0.39 is 0 Å². The SMILES string of the molecule is C1=C(c2ccc(C3=Cc4ccc(N(c5ccccc5)c5ccc6ccccc6c5)cc4C3)cc2)Cc2cc(N(c3ccccc3)c3ccc4ccccc4c3)ccc21. The smallest absolute Gasteiger partial charge is 0.0468 e. The molecule has 9 aromatic rings. The van der Waals surface area contributed by atoms with Crippen LogP contribution in [0.25, 0.3) is 44.8 Å². The third-order valence-electron chi connectivity index (χ3n) is 11.8. The Balaban J connectivity index is 0.833. The van der Waals surface area contributed by atoms with E-state index >= 15 is 0 Å². The highest BCUT2D eigenvalue weighted by Crippen LogP contribution is 2.42. The van der Waals surface area contributed by atoms with Crippen LogP contribution in [0.15, 0.2) is 206 Å². The van der Waals surface area contributed by atoms with E-state index in [9.17, 15) is 0 Å². The Morgan fingerprint density at radius 2 is 0.638 bits per heavy atom. The molecule has 2 nitrogen and oxygen atoms in total. The van der Waals surface area contributed by atoms with Crippen LogP contribution in [0.4, 0.5) is 34.1 Å². The lowest BCUT2D eigenvalue weighted by molar-refractivity contribution is 1.25. The molecule has 0 unspecified atom stereocenters. The van der Waals surface area contributed by atoms with Gasteiger partial charge in [0.15, 0.2) is 0 Å². The zero-order chi connectivity index (χ0) is 38.4. The maximum absolute atomic E-state index is 2.38. The Hall–Kier alpha value is -7.42. The summed E-state index contributed by atoms with van der Waals surface area (Å²) < 4.78 is 0. The van der Waals surface area contributed by atoms with Crippen LogP contribution in [0.5, 0.6) is 0 Å². The molecule has 2 aliphatic carbocycles. The van der Waals surface area contributed by atoms with Gasteiger partial charge in [0.1, 0.15) is 0 Å². The van der Waals surface area contributed by atoms with Crippen LogP contribution in [0.1, 0.15) is 33.4 Å². The third-order valence-corrected chi connectivity index (χ3v) is 11.8. The van der Waals surface area contributed by atoms with Crippen LogP contribution in [0.3, 0.4) is 0 Å². The molecule has 0 atom stereocenters. The maximum atomic E-state index is 2.38. The standard InChI is InChI=1S/C56H40N2/c1-3-15-51(16-4-1)57(53-27-23-39-11-7-9-13-43(39)35-53)55-29-25-45-31-47(33-49(45)37-55)41-19-21-42(22-20-41)48-32-46-26-30-56(38-50(46)34-48)58(52-17-5-2-6-18-52)54-28-24-40-12-8-10-14-44(40)36-54/h1-32,35-38H,33-34H2. The van der Waals surface area contributed by atoms with E-state index in [1.54, 1.807) is 0 Å². The molecule has 9 aromatic carbocycles. The fourth-order valence-electron chi connectivity index (χ4n) is 8.89. The van der Waals surface area contributed by atoms with Crippen molar-refractivity contribution in [1.82, 2.24) is 0 Å². The Morgan fingerprint density at radius 3 is 1.07 bits per heavy atom. The Labute approximate surface area is 339 Å². The molecule has 0 radical (unpaired) electrons. The van der Waals surface area contributed by atoms with Gasteiger partial charge in [0.25, 0.3) is 0 Å². The van der Waals surface area contributed by atoms with Gasteiger partial charge in [-0.15, -0.1) is 0 Å². The fourth-order valence-corrected chi connectivity index (χ4v) is 8.89. The number of para-hydroxylation sites is 2. The predicted molar refractivity (Wildman–Crippen MR) is 247 cm³/mol. The second-order valence-corrected chi connectivity index (χ2v) is 15.4. The summed E-state index contributed by atoms with van der Waals surface area (Å²) in [5.74, 6) is 0. The molecule has 274 valence electrons. The molecule has 0 fully saturated rings. The van der Waals surface area contributed by atoms with Crippen molar-refractivity contribution >= 4 is 79.0 Å². The number of hydrogen-bond donors (Lipinski definition) is 0. The Bertz CT molecular complexity index is 2840. The summed E-state index contributed by atoms with van der Waals surface area (Å²) in [6.45, 7) is 0. The first-order valence-electron chi connectivity index (χ1n) is 20.2. The number of hydrogen-bond acceptors (Lipinski definition) is 2. The molecule has 0 heterocycles. The molecule has 0 aromatic heterocycles. The summed E-state index contributed by atoms with van der Waals surface area (Å²) in [5.41, 5.74) is 17.6. The molecule has 58 heavy (non-hydrogen) atoms. The quantitative estimate of drug-likeness (QED) is 0.153. The average molecular weight is 741 g/mol. The van der Waals surface area contributed by atoms with E-state index in [-0.39, 0.29) is 0 Å². The second kappa shape index (κ2) is 14.3. The van der Waals surface area contributed by atoms with Crippen LogP contribution < -0.4 is 9.80 Å². The minimum atomic E-state index is 0.912. The highest BCUT2D eigenvalue weighted by molar-refractivity contribution is 5.95. The summed E-state index contributed by atoms with van der Waals surface area (Å²) >= 11 is 0. The molecule has 0 N–H and O–H groups in total. The van der Waals surface area contributed by atoms with Crippen molar-refractivity contribution in [2.24, 2.45) is 0 Å². The normalized spacial score (nSPS) is 12.9. The maximum Gasteiger partial charge on any atom is 0.0468 e. The van der Waals surface area contributed by atoms with E-state index in [4.69, 9.17) is 0 Å². The lowest BCUT2D eigenvalue weighted by atomic mass is 9.98. The fraction of sp³-hybridized carbons (Fsp3) is 0.0357. The molecule has 0 saturated heterocycles. The number of nitrogens with zero attached hydrogens (tertiary/aromatic N) is 2. The van der Waals surface area contributed by atoms with E-state index in [0.717, 1.165) is 35.6 Å². The van der Waals surface area contributed by atoms with Crippen LogP contribution >= 0.6 is 0 Å². The highest BCUT2D eigenvalue weighted by atomic mass is 15.1. The summed E-state index contributed by atoms with van der Waals surface area (Å²) in [7, 11) is 0.